The van der Waals surface area contributed by atoms with Gasteiger partial charge in [0.15, 0.2) is 0 Å². The van der Waals surface area contributed by atoms with Crippen LogP contribution in [0.15, 0.2) is 23.0 Å². The van der Waals surface area contributed by atoms with E-state index >= 15 is 0 Å². The van der Waals surface area contributed by atoms with Crippen LogP contribution < -0.4 is 16.6 Å². The van der Waals surface area contributed by atoms with Gasteiger partial charge in [0.05, 0.1) is 10.9 Å². The Labute approximate surface area is 112 Å². The lowest BCUT2D eigenvalue weighted by atomic mass is 10.1. The van der Waals surface area contributed by atoms with E-state index in [1.165, 1.54) is 0 Å². The smallest absolute Gasteiger partial charge is 0.260 e. The second-order valence-corrected chi connectivity index (χ2v) is 5.15. The Morgan fingerprint density at radius 2 is 2.21 bits per heavy atom. The Bertz CT molecular complexity index is 618. The van der Waals surface area contributed by atoms with Gasteiger partial charge < -0.3 is 11.1 Å². The second kappa shape index (κ2) is 5.73. The summed E-state index contributed by atoms with van der Waals surface area (Å²) in [4.78, 5) is 19.0. The number of nitrogens with two attached hydrogens (primary N) is 1. The van der Waals surface area contributed by atoms with Crippen LogP contribution in [0.25, 0.3) is 10.9 Å². The highest BCUT2D eigenvalue weighted by Crippen LogP contribution is 2.13. The summed E-state index contributed by atoms with van der Waals surface area (Å²) in [5, 5.41) is 3.67. The molecule has 1 aromatic carbocycles. The lowest BCUT2D eigenvalue weighted by Gasteiger charge is -2.08. The monoisotopic (exact) mass is 260 g/mol. The van der Waals surface area contributed by atoms with Gasteiger partial charge in [-0.15, -0.1) is 0 Å². The van der Waals surface area contributed by atoms with Gasteiger partial charge in [-0.2, -0.15) is 0 Å². The molecule has 5 heteroatoms. The summed E-state index contributed by atoms with van der Waals surface area (Å²) < 4.78 is 0. The van der Waals surface area contributed by atoms with Crippen molar-refractivity contribution in [3.8, 4) is 0 Å². The van der Waals surface area contributed by atoms with Crippen molar-refractivity contribution < 1.29 is 0 Å². The van der Waals surface area contributed by atoms with Crippen LogP contribution in [0.1, 0.15) is 26.7 Å². The summed E-state index contributed by atoms with van der Waals surface area (Å²) in [6.45, 7) is 5.20. The highest BCUT2D eigenvalue weighted by atomic mass is 16.1. The largest absolute Gasteiger partial charge is 0.399 e. The van der Waals surface area contributed by atoms with Crippen LogP contribution in [0.5, 0.6) is 0 Å². The molecular formula is C14H20N4O. The fourth-order valence-electron chi connectivity index (χ4n) is 1.96. The van der Waals surface area contributed by atoms with Crippen LogP contribution in [-0.2, 0) is 0 Å². The van der Waals surface area contributed by atoms with Crippen LogP contribution in [0, 0.1) is 5.92 Å². The summed E-state index contributed by atoms with van der Waals surface area (Å²) in [6, 6.07) is 5.15. The van der Waals surface area contributed by atoms with Gasteiger partial charge in [0.1, 0.15) is 0 Å². The number of anilines is 2. The molecule has 0 spiro atoms. The van der Waals surface area contributed by atoms with Crippen molar-refractivity contribution in [3.63, 3.8) is 0 Å². The number of aromatic nitrogens is 2. The number of aromatic amines is 1. The maximum Gasteiger partial charge on any atom is 0.260 e. The maximum atomic E-state index is 11.9. The topological polar surface area (TPSA) is 83.8 Å². The minimum Gasteiger partial charge on any atom is -0.399 e. The number of hydrogen-bond donors (Lipinski definition) is 3. The SMILES string of the molecule is CC(C)CCCNc1nc2ccc(N)cc2c(=O)[nH]1. The average molecular weight is 260 g/mol. The average Bonchev–Trinajstić information content (AvgIpc) is 2.35. The predicted molar refractivity (Wildman–Crippen MR) is 79.3 cm³/mol. The summed E-state index contributed by atoms with van der Waals surface area (Å²) in [6.07, 6.45) is 2.21. The van der Waals surface area contributed by atoms with Crippen molar-refractivity contribution in [1.82, 2.24) is 9.97 Å². The van der Waals surface area contributed by atoms with Crippen molar-refractivity contribution in [2.24, 2.45) is 5.92 Å². The van der Waals surface area contributed by atoms with Crippen LogP contribution in [0.4, 0.5) is 11.6 Å². The molecule has 4 N–H and O–H groups in total. The number of rotatable bonds is 5. The van der Waals surface area contributed by atoms with Gasteiger partial charge in [0, 0.05) is 12.2 Å². The van der Waals surface area contributed by atoms with E-state index < -0.39 is 0 Å². The van der Waals surface area contributed by atoms with Crippen molar-refractivity contribution in [2.45, 2.75) is 26.7 Å². The number of H-pyrrole nitrogens is 1. The van der Waals surface area contributed by atoms with E-state index in [9.17, 15) is 4.79 Å². The molecule has 0 aliphatic heterocycles. The summed E-state index contributed by atoms with van der Waals surface area (Å²) in [5.41, 5.74) is 6.72. The van der Waals surface area contributed by atoms with Gasteiger partial charge in [-0.25, -0.2) is 4.98 Å². The highest BCUT2D eigenvalue weighted by Gasteiger charge is 2.04. The van der Waals surface area contributed by atoms with E-state index in [0.717, 1.165) is 19.4 Å². The number of fused-ring (bicyclic) bond motifs is 1. The molecule has 2 aromatic rings. The minimum absolute atomic E-state index is 0.163. The zero-order valence-corrected chi connectivity index (χ0v) is 11.4. The van der Waals surface area contributed by atoms with Gasteiger partial charge in [-0.1, -0.05) is 13.8 Å². The minimum atomic E-state index is -0.163. The first-order chi connectivity index (χ1) is 9.06. The Hall–Kier alpha value is -2.04. The van der Waals surface area contributed by atoms with Gasteiger partial charge in [-0.05, 0) is 37.0 Å². The number of nitrogen functional groups attached to an aromatic ring is 1. The molecule has 0 atom stereocenters. The lowest BCUT2D eigenvalue weighted by Crippen LogP contribution is -2.14. The van der Waals surface area contributed by atoms with Crippen LogP contribution in [0.2, 0.25) is 0 Å². The number of benzene rings is 1. The molecule has 0 radical (unpaired) electrons. The van der Waals surface area contributed by atoms with Crippen LogP contribution in [-0.4, -0.2) is 16.5 Å². The van der Waals surface area contributed by atoms with E-state index in [2.05, 4.69) is 29.1 Å². The molecule has 1 aromatic heterocycles. The molecule has 19 heavy (non-hydrogen) atoms. The molecule has 0 amide bonds. The molecule has 0 aliphatic carbocycles. The Morgan fingerprint density at radius 1 is 1.42 bits per heavy atom. The molecular weight excluding hydrogens is 240 g/mol. The summed E-state index contributed by atoms with van der Waals surface area (Å²) in [5.74, 6) is 1.21. The molecule has 0 saturated carbocycles. The van der Waals surface area contributed by atoms with Gasteiger partial charge in [-0.3, -0.25) is 9.78 Å². The molecule has 1 heterocycles. The Balaban J connectivity index is 2.13. The van der Waals surface area contributed by atoms with E-state index in [-0.39, 0.29) is 5.56 Å². The maximum absolute atomic E-state index is 11.9. The van der Waals surface area contributed by atoms with Gasteiger partial charge in [0.25, 0.3) is 5.56 Å². The third kappa shape index (κ3) is 3.47. The molecule has 102 valence electrons. The first kappa shape index (κ1) is 13.4. The van der Waals surface area contributed by atoms with E-state index in [0.29, 0.717) is 28.5 Å². The fraction of sp³-hybridized carbons (Fsp3) is 0.429. The van der Waals surface area contributed by atoms with E-state index in [1.54, 1.807) is 18.2 Å². The number of hydrogen-bond acceptors (Lipinski definition) is 4. The molecule has 0 bridgehead atoms. The standard InChI is InChI=1S/C14H20N4O/c1-9(2)4-3-7-16-14-17-12-6-5-10(15)8-11(12)13(19)18-14/h5-6,8-9H,3-4,7,15H2,1-2H3,(H2,16,17,18,19). The zero-order valence-electron chi connectivity index (χ0n) is 11.4. The van der Waals surface area contributed by atoms with Crippen LogP contribution >= 0.6 is 0 Å². The van der Waals surface area contributed by atoms with Crippen molar-refractivity contribution in [2.75, 3.05) is 17.6 Å². The Kier molecular flexibility index (Phi) is 4.04. The molecule has 0 aliphatic rings. The first-order valence-corrected chi connectivity index (χ1v) is 6.59. The van der Waals surface area contributed by atoms with Gasteiger partial charge in [0.2, 0.25) is 5.95 Å². The molecule has 5 nitrogen and oxygen atoms in total. The lowest BCUT2D eigenvalue weighted by molar-refractivity contribution is 0.566. The first-order valence-electron chi connectivity index (χ1n) is 6.59. The number of nitrogens with zero attached hydrogens (tertiary/aromatic N) is 1. The fourth-order valence-corrected chi connectivity index (χ4v) is 1.96. The molecule has 2 rings (SSSR count). The third-order valence-corrected chi connectivity index (χ3v) is 2.98. The van der Waals surface area contributed by atoms with Gasteiger partial charge >= 0.3 is 0 Å². The zero-order chi connectivity index (χ0) is 13.8. The third-order valence-electron chi connectivity index (χ3n) is 2.98. The highest BCUT2D eigenvalue weighted by molar-refractivity contribution is 5.81. The predicted octanol–water partition coefficient (Wildman–Crippen LogP) is 2.35. The van der Waals surface area contributed by atoms with Crippen LogP contribution in [0.3, 0.4) is 0 Å². The quantitative estimate of drug-likeness (QED) is 0.569. The molecule has 0 fully saturated rings. The Morgan fingerprint density at radius 3 is 2.95 bits per heavy atom. The normalized spacial score (nSPS) is 11.1. The summed E-state index contributed by atoms with van der Waals surface area (Å²) >= 11 is 0. The van der Waals surface area contributed by atoms with E-state index in [1.807, 2.05) is 0 Å². The number of nitrogens with one attached hydrogen (secondary N) is 2. The van der Waals surface area contributed by atoms with Crippen molar-refractivity contribution in [1.29, 1.82) is 0 Å². The van der Waals surface area contributed by atoms with Crippen molar-refractivity contribution in [3.05, 3.63) is 28.6 Å². The van der Waals surface area contributed by atoms with E-state index in [4.69, 9.17) is 5.73 Å². The summed E-state index contributed by atoms with van der Waals surface area (Å²) in [7, 11) is 0. The molecule has 0 unspecified atom stereocenters. The molecule has 0 saturated heterocycles. The van der Waals surface area contributed by atoms with Crippen molar-refractivity contribution >= 4 is 22.5 Å². The second-order valence-electron chi connectivity index (χ2n) is 5.15.